The summed E-state index contributed by atoms with van der Waals surface area (Å²) in [6, 6.07) is 5.81. The molecule has 2 amide bonds. The van der Waals surface area contributed by atoms with Gasteiger partial charge in [-0.3, -0.25) is 9.59 Å². The molecule has 1 saturated heterocycles. The molecule has 4 heteroatoms. The minimum Gasteiger partial charge on any atom is -0.345 e. The maximum absolute atomic E-state index is 11.8. The van der Waals surface area contributed by atoms with Gasteiger partial charge < -0.3 is 10.2 Å². The summed E-state index contributed by atoms with van der Waals surface area (Å²) < 4.78 is 0. The molecular formula is C14H18N2O2. The Morgan fingerprint density at radius 2 is 1.83 bits per heavy atom. The van der Waals surface area contributed by atoms with E-state index >= 15 is 0 Å². The van der Waals surface area contributed by atoms with E-state index in [2.05, 4.69) is 23.5 Å². The van der Waals surface area contributed by atoms with Crippen LogP contribution < -0.4 is 5.32 Å². The number of amides is 2. The van der Waals surface area contributed by atoms with E-state index in [1.165, 1.54) is 11.1 Å². The zero-order valence-electron chi connectivity index (χ0n) is 11.0. The number of carbonyl (C=O) groups is 2. The van der Waals surface area contributed by atoms with Crippen LogP contribution in [0.1, 0.15) is 23.6 Å². The molecule has 1 aromatic carbocycles. The summed E-state index contributed by atoms with van der Waals surface area (Å²) >= 11 is 0. The van der Waals surface area contributed by atoms with E-state index in [1.807, 2.05) is 13.8 Å². The second-order valence-electron chi connectivity index (χ2n) is 4.91. The largest absolute Gasteiger partial charge is 0.345 e. The van der Waals surface area contributed by atoms with Crippen molar-refractivity contribution in [1.29, 1.82) is 0 Å². The summed E-state index contributed by atoms with van der Waals surface area (Å²) in [7, 11) is 0. The third kappa shape index (κ3) is 2.53. The van der Waals surface area contributed by atoms with Crippen LogP contribution in [0, 0.1) is 13.8 Å². The van der Waals surface area contributed by atoms with Crippen LogP contribution in [0.25, 0.3) is 0 Å². The lowest BCUT2D eigenvalue weighted by Crippen LogP contribution is -2.56. The third-order valence-electron chi connectivity index (χ3n) is 3.22. The highest BCUT2D eigenvalue weighted by Gasteiger charge is 2.30. The minimum absolute atomic E-state index is 0.0266. The number of hydrogen-bond acceptors (Lipinski definition) is 2. The quantitative estimate of drug-likeness (QED) is 0.851. The normalized spacial score (nSPS) is 19.9. The lowest BCUT2D eigenvalue weighted by Gasteiger charge is -2.32. The number of carbonyl (C=O) groups excluding carboxylic acids is 2. The monoisotopic (exact) mass is 246 g/mol. The Kier molecular flexibility index (Phi) is 3.36. The average Bonchev–Trinajstić information content (AvgIpc) is 2.28. The zero-order valence-corrected chi connectivity index (χ0v) is 11.0. The Balaban J connectivity index is 2.21. The fraction of sp³-hybridized carbons (Fsp3) is 0.429. The summed E-state index contributed by atoms with van der Waals surface area (Å²) in [6.07, 6.45) is 0. The molecule has 1 aliphatic rings. The van der Waals surface area contributed by atoms with Gasteiger partial charge in [-0.15, -0.1) is 0 Å². The number of hydrogen-bond donors (Lipinski definition) is 1. The van der Waals surface area contributed by atoms with Crippen molar-refractivity contribution in [2.75, 3.05) is 6.54 Å². The highest BCUT2D eigenvalue weighted by Crippen LogP contribution is 2.15. The second kappa shape index (κ2) is 4.80. The van der Waals surface area contributed by atoms with Crippen molar-refractivity contribution in [1.82, 2.24) is 10.2 Å². The fourth-order valence-electron chi connectivity index (χ4n) is 2.35. The molecule has 0 spiro atoms. The van der Waals surface area contributed by atoms with Gasteiger partial charge in [0, 0.05) is 6.54 Å². The van der Waals surface area contributed by atoms with E-state index in [-0.39, 0.29) is 18.4 Å². The second-order valence-corrected chi connectivity index (χ2v) is 4.91. The summed E-state index contributed by atoms with van der Waals surface area (Å²) in [6.45, 7) is 6.42. The average molecular weight is 246 g/mol. The molecule has 0 bridgehead atoms. The SMILES string of the molecule is Cc1cc(C)cc(CN2C(=O)CNC(=O)C2C)c1. The predicted molar refractivity (Wildman–Crippen MR) is 68.9 cm³/mol. The molecular weight excluding hydrogens is 228 g/mol. The number of rotatable bonds is 2. The first-order valence-corrected chi connectivity index (χ1v) is 6.12. The van der Waals surface area contributed by atoms with Crippen LogP contribution in [0.15, 0.2) is 18.2 Å². The van der Waals surface area contributed by atoms with Gasteiger partial charge in [-0.25, -0.2) is 0 Å². The van der Waals surface area contributed by atoms with Gasteiger partial charge in [-0.2, -0.15) is 0 Å². The first kappa shape index (κ1) is 12.6. The maximum atomic E-state index is 11.8. The molecule has 0 saturated carbocycles. The van der Waals surface area contributed by atoms with Gasteiger partial charge in [0.1, 0.15) is 6.04 Å². The molecule has 96 valence electrons. The van der Waals surface area contributed by atoms with Gasteiger partial charge in [-0.1, -0.05) is 29.3 Å². The van der Waals surface area contributed by atoms with Crippen LogP contribution in [0.2, 0.25) is 0 Å². The summed E-state index contributed by atoms with van der Waals surface area (Å²) in [4.78, 5) is 25.0. The molecule has 0 radical (unpaired) electrons. The molecule has 1 unspecified atom stereocenters. The third-order valence-corrected chi connectivity index (χ3v) is 3.22. The van der Waals surface area contributed by atoms with E-state index in [9.17, 15) is 9.59 Å². The lowest BCUT2D eigenvalue weighted by atomic mass is 10.1. The molecule has 1 aromatic rings. The van der Waals surface area contributed by atoms with Gasteiger partial charge in [0.15, 0.2) is 0 Å². The minimum atomic E-state index is -0.396. The highest BCUT2D eigenvalue weighted by atomic mass is 16.2. The smallest absolute Gasteiger partial charge is 0.242 e. The molecule has 1 aliphatic heterocycles. The number of piperazine rings is 1. The van der Waals surface area contributed by atoms with Gasteiger partial charge >= 0.3 is 0 Å². The van der Waals surface area contributed by atoms with Crippen LogP contribution in [0.5, 0.6) is 0 Å². The first-order valence-electron chi connectivity index (χ1n) is 6.12. The van der Waals surface area contributed by atoms with Crippen molar-refractivity contribution >= 4 is 11.8 Å². The lowest BCUT2D eigenvalue weighted by molar-refractivity contribution is -0.145. The molecule has 2 rings (SSSR count). The standard InChI is InChI=1S/C14H18N2O2/c1-9-4-10(2)6-12(5-9)8-16-11(3)14(18)15-7-13(16)17/h4-6,11H,7-8H2,1-3H3,(H,15,18). The van der Waals surface area contributed by atoms with Crippen molar-refractivity contribution in [2.24, 2.45) is 0 Å². The Bertz CT molecular complexity index is 476. The van der Waals surface area contributed by atoms with E-state index in [1.54, 1.807) is 11.8 Å². The molecule has 1 heterocycles. The van der Waals surface area contributed by atoms with Crippen molar-refractivity contribution in [2.45, 2.75) is 33.4 Å². The molecule has 18 heavy (non-hydrogen) atoms. The number of nitrogens with one attached hydrogen (secondary N) is 1. The Hall–Kier alpha value is -1.84. The van der Waals surface area contributed by atoms with Gasteiger partial charge in [0.25, 0.3) is 0 Å². The highest BCUT2D eigenvalue weighted by molar-refractivity contribution is 5.94. The summed E-state index contributed by atoms with van der Waals surface area (Å²) in [5.41, 5.74) is 3.42. The van der Waals surface area contributed by atoms with Crippen molar-refractivity contribution < 1.29 is 9.59 Å². The van der Waals surface area contributed by atoms with E-state index in [4.69, 9.17) is 0 Å². The van der Waals surface area contributed by atoms with Crippen LogP contribution in [-0.4, -0.2) is 29.3 Å². The first-order chi connectivity index (χ1) is 8.47. The van der Waals surface area contributed by atoms with Crippen LogP contribution >= 0.6 is 0 Å². The molecule has 0 aliphatic carbocycles. The van der Waals surface area contributed by atoms with Crippen molar-refractivity contribution in [3.8, 4) is 0 Å². The zero-order chi connectivity index (χ0) is 13.3. The Morgan fingerprint density at radius 1 is 1.22 bits per heavy atom. The van der Waals surface area contributed by atoms with E-state index in [0.29, 0.717) is 6.54 Å². The predicted octanol–water partition coefficient (Wildman–Crippen LogP) is 1.15. The molecule has 1 atom stereocenters. The van der Waals surface area contributed by atoms with Crippen LogP contribution in [0.4, 0.5) is 0 Å². The molecule has 1 N–H and O–H groups in total. The van der Waals surface area contributed by atoms with Gasteiger partial charge in [-0.05, 0) is 26.3 Å². The summed E-state index contributed by atoms with van der Waals surface area (Å²) in [5.74, 6) is -0.111. The topological polar surface area (TPSA) is 49.4 Å². The maximum Gasteiger partial charge on any atom is 0.242 e. The molecule has 1 fully saturated rings. The Labute approximate surface area is 107 Å². The van der Waals surface area contributed by atoms with E-state index in [0.717, 1.165) is 5.56 Å². The van der Waals surface area contributed by atoms with Crippen LogP contribution in [-0.2, 0) is 16.1 Å². The fourth-order valence-corrected chi connectivity index (χ4v) is 2.35. The van der Waals surface area contributed by atoms with Crippen molar-refractivity contribution in [3.63, 3.8) is 0 Å². The number of nitrogens with zero attached hydrogens (tertiary/aromatic N) is 1. The molecule has 0 aromatic heterocycles. The van der Waals surface area contributed by atoms with Gasteiger partial charge in [0.05, 0.1) is 6.54 Å². The van der Waals surface area contributed by atoms with Gasteiger partial charge in [0.2, 0.25) is 11.8 Å². The van der Waals surface area contributed by atoms with E-state index < -0.39 is 6.04 Å². The number of aryl methyl sites for hydroxylation is 2. The summed E-state index contributed by atoms with van der Waals surface area (Å²) in [5, 5.41) is 2.59. The molecule has 4 nitrogen and oxygen atoms in total. The van der Waals surface area contributed by atoms with Crippen LogP contribution in [0.3, 0.4) is 0 Å². The Morgan fingerprint density at radius 3 is 2.44 bits per heavy atom. The number of benzene rings is 1. The van der Waals surface area contributed by atoms with Crippen molar-refractivity contribution in [3.05, 3.63) is 34.9 Å².